The molecule has 166 valence electrons. The molecule has 0 bridgehead atoms. The summed E-state index contributed by atoms with van der Waals surface area (Å²) in [4.78, 5) is 25.3. The molecule has 0 atom stereocenters. The molecule has 8 nitrogen and oxygen atoms in total. The van der Waals surface area contributed by atoms with Gasteiger partial charge in [-0.2, -0.15) is 0 Å². The fourth-order valence-corrected chi connectivity index (χ4v) is 2.65. The summed E-state index contributed by atoms with van der Waals surface area (Å²) < 4.78 is 32.1. The van der Waals surface area contributed by atoms with E-state index in [-0.39, 0.29) is 29.4 Å². The van der Waals surface area contributed by atoms with E-state index in [1.54, 1.807) is 6.07 Å². The van der Waals surface area contributed by atoms with Crippen molar-refractivity contribution < 1.29 is 28.4 Å². The number of carbonyl (C=O) groups is 1. The number of nitroso groups, excluding NO2 is 1. The third-order valence-electron chi connectivity index (χ3n) is 4.13. The highest BCUT2D eigenvalue weighted by Gasteiger charge is 2.15. The number of nitrogens with zero attached hydrogens (tertiary/aromatic N) is 1. The van der Waals surface area contributed by atoms with E-state index in [9.17, 15) is 18.5 Å². The predicted octanol–water partition coefficient (Wildman–Crippen LogP) is 1.76. The first-order valence-corrected chi connectivity index (χ1v) is 9.15. The van der Waals surface area contributed by atoms with Gasteiger partial charge in [-0.1, -0.05) is 0 Å². The minimum absolute atomic E-state index is 0.0164. The van der Waals surface area contributed by atoms with Crippen LogP contribution in [0.4, 0.5) is 20.2 Å². The molecule has 10 heteroatoms. The molecular weight excluding hydrogens is 422 g/mol. The van der Waals surface area contributed by atoms with Crippen LogP contribution in [-0.4, -0.2) is 24.0 Å². The lowest BCUT2D eigenvalue weighted by Gasteiger charge is -2.09. The summed E-state index contributed by atoms with van der Waals surface area (Å²) in [5, 5.41) is 9.77. The first-order chi connectivity index (χ1) is 15.4. The molecule has 0 fully saturated rings. The van der Waals surface area contributed by atoms with Crippen molar-refractivity contribution in [3.63, 3.8) is 0 Å². The molecule has 0 aliphatic rings. The Kier molecular flexibility index (Phi) is 8.49. The molecule has 0 unspecified atom stereocenters. The van der Waals surface area contributed by atoms with Crippen molar-refractivity contribution in [1.29, 1.82) is 0 Å². The Hall–Kier alpha value is -4.18. The second kappa shape index (κ2) is 11.3. The van der Waals surface area contributed by atoms with Crippen molar-refractivity contribution in [3.8, 4) is 5.75 Å². The van der Waals surface area contributed by atoms with Gasteiger partial charge in [-0.15, -0.1) is 4.91 Å². The van der Waals surface area contributed by atoms with Gasteiger partial charge in [0.05, 0.1) is 11.1 Å². The SMILES string of the molecule is CO.NC(=[NH+]C(=O)c1ccc(N=O)cc1)c1cc(OCc2cc(F)cc(F)c2)ccc1N. The molecule has 0 spiro atoms. The maximum absolute atomic E-state index is 13.3. The first kappa shape index (κ1) is 24.1. The number of amides is 1. The van der Waals surface area contributed by atoms with Crippen LogP contribution in [0.5, 0.6) is 5.75 Å². The zero-order valence-electron chi connectivity index (χ0n) is 17.0. The van der Waals surface area contributed by atoms with E-state index in [2.05, 4.69) is 10.2 Å². The number of carbonyl (C=O) groups excluding carboxylic acids is 1. The highest BCUT2D eigenvalue weighted by Crippen LogP contribution is 2.20. The van der Waals surface area contributed by atoms with Crippen LogP contribution in [0.25, 0.3) is 0 Å². The maximum atomic E-state index is 13.3. The monoisotopic (exact) mass is 443 g/mol. The summed E-state index contributed by atoms with van der Waals surface area (Å²) in [5.41, 5.74) is 13.3. The second-order valence-electron chi connectivity index (χ2n) is 6.32. The largest absolute Gasteiger partial charge is 0.489 e. The van der Waals surface area contributed by atoms with E-state index in [0.717, 1.165) is 25.3 Å². The van der Waals surface area contributed by atoms with Gasteiger partial charge in [0.2, 0.25) is 0 Å². The van der Waals surface area contributed by atoms with Gasteiger partial charge in [0.1, 0.15) is 29.7 Å². The summed E-state index contributed by atoms with van der Waals surface area (Å²) in [6.45, 7) is -0.0819. The van der Waals surface area contributed by atoms with Crippen LogP contribution in [0.3, 0.4) is 0 Å². The number of aliphatic hydroxyl groups excluding tert-OH is 1. The average Bonchev–Trinajstić information content (AvgIpc) is 2.79. The van der Waals surface area contributed by atoms with Gasteiger partial charge in [-0.25, -0.2) is 18.6 Å². The summed E-state index contributed by atoms with van der Waals surface area (Å²) in [7, 11) is 1.00. The quantitative estimate of drug-likeness (QED) is 0.198. The number of nitrogens with two attached hydrogens (primary N) is 2. The number of ether oxygens (including phenoxy) is 1. The van der Waals surface area contributed by atoms with Crippen LogP contribution in [0, 0.1) is 16.5 Å². The Morgan fingerprint density at radius 2 is 1.66 bits per heavy atom. The highest BCUT2D eigenvalue weighted by atomic mass is 19.1. The minimum atomic E-state index is -0.705. The standard InChI is InChI=1S/C21H16F2N4O3.CH4O/c22-14-7-12(8-15(23)9-14)11-30-17-5-6-19(24)18(10-17)20(25)26-21(28)13-1-3-16(27-29)4-2-13;1-2/h1-10H,11,24H2,(H2,25,26,28);2H,1H3/p+1. The van der Waals surface area contributed by atoms with Gasteiger partial charge >= 0.3 is 5.91 Å². The van der Waals surface area contributed by atoms with E-state index >= 15 is 0 Å². The maximum Gasteiger partial charge on any atom is 0.339 e. The molecule has 0 saturated carbocycles. The normalized spacial score (nSPS) is 10.7. The van der Waals surface area contributed by atoms with E-state index in [1.165, 1.54) is 36.4 Å². The molecule has 3 aromatic carbocycles. The third kappa shape index (κ3) is 6.41. The molecule has 6 N–H and O–H groups in total. The number of anilines is 1. The Bertz CT molecular complexity index is 1120. The molecular formula is C22H21F2N4O4+. The molecule has 3 rings (SSSR count). The summed E-state index contributed by atoms with van der Waals surface area (Å²) >= 11 is 0. The van der Waals surface area contributed by atoms with Crippen LogP contribution in [0.1, 0.15) is 21.5 Å². The van der Waals surface area contributed by atoms with Gasteiger partial charge in [0.15, 0.2) is 0 Å². The number of hydrogen-bond acceptors (Lipinski definition) is 6. The van der Waals surface area contributed by atoms with Crippen LogP contribution < -0.4 is 21.2 Å². The zero-order valence-corrected chi connectivity index (χ0v) is 17.0. The average molecular weight is 443 g/mol. The Labute approximate surface area is 182 Å². The fraction of sp³-hybridized carbons (Fsp3) is 0.0909. The number of nitrogens with one attached hydrogen (secondary N) is 1. The van der Waals surface area contributed by atoms with Gasteiger partial charge < -0.3 is 15.6 Å². The van der Waals surface area contributed by atoms with Crippen LogP contribution in [0.2, 0.25) is 0 Å². The molecule has 0 heterocycles. The number of amidine groups is 1. The minimum Gasteiger partial charge on any atom is -0.489 e. The summed E-state index contributed by atoms with van der Waals surface area (Å²) in [5.74, 6) is -1.60. The van der Waals surface area contributed by atoms with E-state index in [0.29, 0.717) is 16.9 Å². The molecule has 0 aromatic heterocycles. The van der Waals surface area contributed by atoms with Gasteiger partial charge in [0, 0.05) is 18.9 Å². The lowest BCUT2D eigenvalue weighted by atomic mass is 10.1. The molecule has 3 aromatic rings. The Morgan fingerprint density at radius 3 is 2.25 bits per heavy atom. The number of nitrogen functional groups attached to an aromatic ring is 2. The van der Waals surface area contributed by atoms with Crippen molar-refractivity contribution >= 4 is 23.1 Å². The van der Waals surface area contributed by atoms with Crippen molar-refractivity contribution in [2.75, 3.05) is 12.8 Å². The number of halogens is 2. The van der Waals surface area contributed by atoms with Crippen molar-refractivity contribution in [2.45, 2.75) is 6.61 Å². The van der Waals surface area contributed by atoms with Crippen LogP contribution >= 0.6 is 0 Å². The van der Waals surface area contributed by atoms with E-state index in [1.807, 2.05) is 0 Å². The van der Waals surface area contributed by atoms with Crippen LogP contribution in [0.15, 0.2) is 65.8 Å². The second-order valence-corrected chi connectivity index (χ2v) is 6.32. The van der Waals surface area contributed by atoms with Gasteiger partial charge in [-0.3, -0.25) is 5.73 Å². The van der Waals surface area contributed by atoms with Gasteiger partial charge in [0.25, 0.3) is 5.84 Å². The smallest absolute Gasteiger partial charge is 0.339 e. The molecule has 32 heavy (non-hydrogen) atoms. The molecule has 0 saturated heterocycles. The Balaban J connectivity index is 0.00000176. The molecule has 0 radical (unpaired) electrons. The fourth-order valence-electron chi connectivity index (χ4n) is 2.65. The summed E-state index contributed by atoms with van der Waals surface area (Å²) in [6, 6.07) is 13.3. The van der Waals surface area contributed by atoms with Crippen molar-refractivity contribution in [2.24, 2.45) is 10.9 Å². The van der Waals surface area contributed by atoms with Gasteiger partial charge in [-0.05, 0) is 65.3 Å². The lowest BCUT2D eigenvalue weighted by molar-refractivity contribution is -0.345. The highest BCUT2D eigenvalue weighted by molar-refractivity contribution is 6.02. The number of hydrogen-bond donors (Lipinski definition) is 4. The molecule has 0 aliphatic heterocycles. The third-order valence-corrected chi connectivity index (χ3v) is 4.13. The zero-order chi connectivity index (χ0) is 23.7. The predicted molar refractivity (Wildman–Crippen MR) is 115 cm³/mol. The van der Waals surface area contributed by atoms with E-state index in [4.69, 9.17) is 21.3 Å². The number of aliphatic hydroxyl groups is 1. The first-order valence-electron chi connectivity index (χ1n) is 9.15. The lowest BCUT2D eigenvalue weighted by Crippen LogP contribution is -2.79. The molecule has 1 amide bonds. The van der Waals surface area contributed by atoms with Crippen LogP contribution in [-0.2, 0) is 6.61 Å². The summed E-state index contributed by atoms with van der Waals surface area (Å²) in [6.07, 6.45) is 0. The van der Waals surface area contributed by atoms with Crippen molar-refractivity contribution in [3.05, 3.63) is 93.9 Å². The number of benzene rings is 3. The Morgan fingerprint density at radius 1 is 1.03 bits per heavy atom. The topological polar surface area (TPSA) is 142 Å². The number of rotatable bonds is 6. The van der Waals surface area contributed by atoms with E-state index < -0.39 is 17.5 Å². The van der Waals surface area contributed by atoms with Crippen molar-refractivity contribution in [1.82, 2.24) is 0 Å². The molecule has 0 aliphatic carbocycles.